The van der Waals surface area contributed by atoms with Crippen LogP contribution in [0.25, 0.3) is 27.8 Å². The first-order valence-corrected chi connectivity index (χ1v) is 9.17. The standard InChI is InChI=1S/C21H15N7O2/c1-13-17(14-5-3-2-4-6-14)19-24-23-18-16(28(19)25-13)9-12-27(21(18)30)26-20(29)15-7-10-22-11-8-15/h2-12H,1H3,(H,26,29). The highest BCUT2D eigenvalue weighted by atomic mass is 16.2. The summed E-state index contributed by atoms with van der Waals surface area (Å²) < 4.78 is 2.69. The highest BCUT2D eigenvalue weighted by molar-refractivity contribution is 5.99. The lowest BCUT2D eigenvalue weighted by Crippen LogP contribution is -2.33. The minimum absolute atomic E-state index is 0.0992. The molecule has 0 spiro atoms. The molecule has 1 amide bonds. The largest absolute Gasteiger partial charge is 0.299 e. The fraction of sp³-hybridized carbons (Fsp3) is 0.0476. The molecule has 0 fully saturated rings. The zero-order valence-electron chi connectivity index (χ0n) is 15.9. The monoisotopic (exact) mass is 397 g/mol. The molecule has 9 nitrogen and oxygen atoms in total. The minimum Gasteiger partial charge on any atom is -0.267 e. The van der Waals surface area contributed by atoms with E-state index in [1.165, 1.54) is 18.6 Å². The van der Waals surface area contributed by atoms with Gasteiger partial charge in [0.1, 0.15) is 5.52 Å². The molecule has 0 bridgehead atoms. The Labute approximate surface area is 169 Å². The molecule has 0 radical (unpaired) electrons. The van der Waals surface area contributed by atoms with Gasteiger partial charge in [0.2, 0.25) is 0 Å². The molecule has 1 N–H and O–H groups in total. The fourth-order valence-corrected chi connectivity index (χ4v) is 3.36. The van der Waals surface area contributed by atoms with Crippen molar-refractivity contribution in [2.45, 2.75) is 6.92 Å². The Hall–Kier alpha value is -4.40. The van der Waals surface area contributed by atoms with Gasteiger partial charge in [-0.3, -0.25) is 20.0 Å². The number of nitrogens with zero attached hydrogens (tertiary/aromatic N) is 6. The molecule has 30 heavy (non-hydrogen) atoms. The van der Waals surface area contributed by atoms with Crippen LogP contribution in [0.2, 0.25) is 0 Å². The van der Waals surface area contributed by atoms with E-state index >= 15 is 0 Å². The third kappa shape index (κ3) is 2.80. The van der Waals surface area contributed by atoms with Crippen molar-refractivity contribution >= 4 is 22.6 Å². The van der Waals surface area contributed by atoms with Crippen molar-refractivity contribution in [3.05, 3.63) is 88.7 Å². The Morgan fingerprint density at radius 3 is 2.53 bits per heavy atom. The molecule has 0 aliphatic rings. The molecule has 146 valence electrons. The number of fused-ring (bicyclic) bond motifs is 3. The van der Waals surface area contributed by atoms with Crippen molar-refractivity contribution in [1.82, 2.24) is 29.5 Å². The predicted molar refractivity (Wildman–Crippen MR) is 111 cm³/mol. The van der Waals surface area contributed by atoms with Crippen molar-refractivity contribution < 1.29 is 4.79 Å². The van der Waals surface area contributed by atoms with E-state index in [2.05, 4.69) is 25.7 Å². The summed E-state index contributed by atoms with van der Waals surface area (Å²) in [7, 11) is 0. The summed E-state index contributed by atoms with van der Waals surface area (Å²) >= 11 is 0. The van der Waals surface area contributed by atoms with E-state index in [4.69, 9.17) is 0 Å². The Morgan fingerprint density at radius 1 is 1.00 bits per heavy atom. The van der Waals surface area contributed by atoms with Crippen molar-refractivity contribution in [1.29, 1.82) is 0 Å². The van der Waals surface area contributed by atoms with Gasteiger partial charge in [-0.15, -0.1) is 10.2 Å². The lowest BCUT2D eigenvalue weighted by atomic mass is 10.1. The molecule has 1 aromatic carbocycles. The fourth-order valence-electron chi connectivity index (χ4n) is 3.36. The van der Waals surface area contributed by atoms with E-state index in [0.29, 0.717) is 16.7 Å². The third-order valence-electron chi connectivity index (χ3n) is 4.78. The molecular formula is C21H15N7O2. The van der Waals surface area contributed by atoms with Crippen molar-refractivity contribution in [3.8, 4) is 11.1 Å². The van der Waals surface area contributed by atoms with Crippen LogP contribution in [-0.2, 0) is 0 Å². The van der Waals surface area contributed by atoms with Gasteiger partial charge < -0.3 is 0 Å². The molecule has 4 heterocycles. The smallest absolute Gasteiger partial charge is 0.267 e. The lowest BCUT2D eigenvalue weighted by molar-refractivity contribution is 0.101. The van der Waals surface area contributed by atoms with Crippen molar-refractivity contribution in [2.75, 3.05) is 5.43 Å². The zero-order chi connectivity index (χ0) is 20.7. The van der Waals surface area contributed by atoms with Crippen molar-refractivity contribution in [2.24, 2.45) is 0 Å². The lowest BCUT2D eigenvalue weighted by Gasteiger charge is -2.09. The van der Waals surface area contributed by atoms with Gasteiger partial charge >= 0.3 is 0 Å². The van der Waals surface area contributed by atoms with Gasteiger partial charge in [0.05, 0.1) is 11.3 Å². The second-order valence-electron chi connectivity index (χ2n) is 6.66. The van der Waals surface area contributed by atoms with Crippen LogP contribution >= 0.6 is 0 Å². The quantitative estimate of drug-likeness (QED) is 0.500. The van der Waals surface area contributed by atoms with Gasteiger partial charge in [-0.25, -0.2) is 9.19 Å². The topological polar surface area (TPSA) is 107 Å². The van der Waals surface area contributed by atoms with Crippen LogP contribution in [0.4, 0.5) is 0 Å². The average molecular weight is 397 g/mol. The van der Waals surface area contributed by atoms with Gasteiger partial charge in [-0.2, -0.15) is 5.10 Å². The van der Waals surface area contributed by atoms with Gasteiger partial charge in [-0.1, -0.05) is 30.3 Å². The zero-order valence-corrected chi connectivity index (χ0v) is 15.9. The summed E-state index contributed by atoms with van der Waals surface area (Å²) in [5.41, 5.74) is 6.20. The number of hydrogen-bond acceptors (Lipinski definition) is 6. The van der Waals surface area contributed by atoms with Crippen molar-refractivity contribution in [3.63, 3.8) is 0 Å². The van der Waals surface area contributed by atoms with Crippen LogP contribution < -0.4 is 11.0 Å². The number of aromatic nitrogens is 6. The maximum Gasteiger partial charge on any atom is 0.299 e. The van der Waals surface area contributed by atoms with Crippen LogP contribution in [-0.4, -0.2) is 35.4 Å². The van der Waals surface area contributed by atoms with E-state index in [-0.39, 0.29) is 5.52 Å². The maximum atomic E-state index is 12.9. The number of rotatable bonds is 3. The number of hydrogen-bond donors (Lipinski definition) is 1. The average Bonchev–Trinajstić information content (AvgIpc) is 3.13. The summed E-state index contributed by atoms with van der Waals surface area (Å²) in [6.45, 7) is 1.89. The molecule has 5 aromatic rings. The summed E-state index contributed by atoms with van der Waals surface area (Å²) in [6.07, 6.45) is 4.49. The highest BCUT2D eigenvalue weighted by Gasteiger charge is 2.17. The van der Waals surface area contributed by atoms with E-state index in [1.54, 1.807) is 22.7 Å². The molecule has 0 atom stereocenters. The summed E-state index contributed by atoms with van der Waals surface area (Å²) in [5, 5.41) is 13.0. The number of amides is 1. The first-order chi connectivity index (χ1) is 14.6. The Balaban J connectivity index is 1.62. The molecule has 5 rings (SSSR count). The number of benzene rings is 1. The predicted octanol–water partition coefficient (Wildman–Crippen LogP) is 2.19. The molecule has 0 saturated heterocycles. The van der Waals surface area contributed by atoms with Crippen LogP contribution in [0.5, 0.6) is 0 Å². The molecule has 0 saturated carbocycles. The Kier molecular flexibility index (Phi) is 4.06. The number of pyridine rings is 2. The molecule has 0 aliphatic carbocycles. The maximum absolute atomic E-state index is 12.9. The summed E-state index contributed by atoms with van der Waals surface area (Å²) in [5.74, 6) is -0.436. The van der Waals surface area contributed by atoms with E-state index in [1.807, 2.05) is 37.3 Å². The second-order valence-corrected chi connectivity index (χ2v) is 6.66. The Bertz CT molecular complexity index is 1460. The first-order valence-electron chi connectivity index (χ1n) is 9.17. The number of carbonyl (C=O) groups excluding carboxylic acids is 1. The van der Waals surface area contributed by atoms with Crippen LogP contribution in [0.15, 0.2) is 71.9 Å². The molecule has 0 aliphatic heterocycles. The molecule has 4 aromatic heterocycles. The van der Waals surface area contributed by atoms with Gasteiger partial charge in [0, 0.05) is 24.2 Å². The highest BCUT2D eigenvalue weighted by Crippen LogP contribution is 2.27. The summed E-state index contributed by atoms with van der Waals surface area (Å²) in [4.78, 5) is 29.1. The van der Waals surface area contributed by atoms with Crippen LogP contribution in [0, 0.1) is 6.92 Å². The molecule has 0 unspecified atom stereocenters. The van der Waals surface area contributed by atoms with E-state index < -0.39 is 11.5 Å². The number of aryl methyl sites for hydroxylation is 1. The minimum atomic E-state index is -0.501. The third-order valence-corrected chi connectivity index (χ3v) is 4.78. The Morgan fingerprint density at radius 2 is 1.77 bits per heavy atom. The summed E-state index contributed by atoms with van der Waals surface area (Å²) in [6, 6.07) is 14.6. The van der Waals surface area contributed by atoms with Crippen LogP contribution in [0.1, 0.15) is 16.1 Å². The van der Waals surface area contributed by atoms with Gasteiger partial charge in [-0.05, 0) is 30.7 Å². The van der Waals surface area contributed by atoms with Gasteiger partial charge in [0.15, 0.2) is 11.2 Å². The second kappa shape index (κ2) is 6.89. The number of nitrogens with one attached hydrogen (secondary N) is 1. The molecule has 9 heteroatoms. The van der Waals surface area contributed by atoms with Crippen LogP contribution in [0.3, 0.4) is 0 Å². The molecular weight excluding hydrogens is 382 g/mol. The van der Waals surface area contributed by atoms with E-state index in [9.17, 15) is 9.59 Å². The SMILES string of the molecule is Cc1nn2c(nnc3c(=O)n(NC(=O)c4ccncc4)ccc32)c1-c1ccccc1. The van der Waals surface area contributed by atoms with Gasteiger partial charge in [0.25, 0.3) is 11.5 Å². The van der Waals surface area contributed by atoms with E-state index in [0.717, 1.165) is 21.5 Å². The normalized spacial score (nSPS) is 11.1. The first kappa shape index (κ1) is 17.7. The number of carbonyl (C=O) groups is 1.